The number of carboxylic acid groups (broad SMARTS) is 1. The average molecular weight is 443 g/mol. The second-order valence-electron chi connectivity index (χ2n) is 7.51. The third kappa shape index (κ3) is 5.59. The number of furan rings is 1. The van der Waals surface area contributed by atoms with Gasteiger partial charge in [-0.15, -0.1) is 0 Å². The lowest BCUT2D eigenvalue weighted by atomic mass is 9.99. The number of benzene rings is 3. The summed E-state index contributed by atoms with van der Waals surface area (Å²) in [4.78, 5) is 8.36. The zero-order valence-electron chi connectivity index (χ0n) is 18.7. The molecule has 0 aliphatic carbocycles. The van der Waals surface area contributed by atoms with Gasteiger partial charge in [0.05, 0.1) is 11.6 Å². The lowest BCUT2D eigenvalue weighted by Gasteiger charge is -2.13. The van der Waals surface area contributed by atoms with Gasteiger partial charge < -0.3 is 20.0 Å². The van der Waals surface area contributed by atoms with Gasteiger partial charge in [-0.2, -0.15) is 5.26 Å². The molecule has 1 heterocycles. The number of nitrogens with two attached hydrogens (primary N) is 1. The second-order valence-corrected chi connectivity index (χ2v) is 7.51. The van der Waals surface area contributed by atoms with E-state index in [2.05, 4.69) is 37.3 Å². The van der Waals surface area contributed by atoms with E-state index >= 15 is 0 Å². The number of hydrogen-bond donors (Lipinski definition) is 2. The van der Waals surface area contributed by atoms with Crippen molar-refractivity contribution in [2.75, 3.05) is 0 Å². The predicted molar refractivity (Wildman–Crippen MR) is 128 cm³/mol. The molecule has 0 saturated heterocycles. The summed E-state index contributed by atoms with van der Waals surface area (Å²) in [7, 11) is 0. The molecule has 0 radical (unpaired) electrons. The molecule has 0 saturated carbocycles. The minimum atomic E-state index is -0.250. The van der Waals surface area contributed by atoms with E-state index in [0.29, 0.717) is 18.7 Å². The highest BCUT2D eigenvalue weighted by Crippen LogP contribution is 2.33. The van der Waals surface area contributed by atoms with E-state index in [4.69, 9.17) is 24.8 Å². The summed E-state index contributed by atoms with van der Waals surface area (Å²) in [6, 6.07) is 22.2. The Morgan fingerprint density at radius 3 is 2.61 bits per heavy atom. The summed E-state index contributed by atoms with van der Waals surface area (Å²) >= 11 is 0. The quantitative estimate of drug-likeness (QED) is 0.377. The van der Waals surface area contributed by atoms with Crippen molar-refractivity contribution in [2.45, 2.75) is 33.4 Å². The van der Waals surface area contributed by atoms with Crippen LogP contribution in [0.15, 0.2) is 65.1 Å². The number of ether oxygens (including phenoxy) is 1. The van der Waals surface area contributed by atoms with E-state index < -0.39 is 0 Å². The lowest BCUT2D eigenvalue weighted by molar-refractivity contribution is -0.122. The molecule has 6 nitrogen and oxygen atoms in total. The number of nitriles is 1. The van der Waals surface area contributed by atoms with Crippen LogP contribution in [0, 0.1) is 18.3 Å². The fourth-order valence-electron chi connectivity index (χ4n) is 3.72. The highest BCUT2D eigenvalue weighted by Gasteiger charge is 2.13. The van der Waals surface area contributed by atoms with Gasteiger partial charge in [0.1, 0.15) is 23.7 Å². The largest absolute Gasteiger partial charge is 0.489 e. The Labute approximate surface area is 192 Å². The highest BCUT2D eigenvalue weighted by atomic mass is 16.5. The van der Waals surface area contributed by atoms with Crippen molar-refractivity contribution in [1.29, 1.82) is 5.26 Å². The van der Waals surface area contributed by atoms with E-state index in [0.717, 1.165) is 56.7 Å². The number of rotatable bonds is 6. The van der Waals surface area contributed by atoms with Gasteiger partial charge in [-0.05, 0) is 72.0 Å². The van der Waals surface area contributed by atoms with Crippen LogP contribution in [0.1, 0.15) is 34.9 Å². The first-order valence-electron chi connectivity index (χ1n) is 10.6. The summed E-state index contributed by atoms with van der Waals surface area (Å²) in [6.07, 6.45) is 0.845. The molecule has 3 N–H and O–H groups in total. The fourth-order valence-corrected chi connectivity index (χ4v) is 3.72. The van der Waals surface area contributed by atoms with E-state index in [-0.39, 0.29) is 6.47 Å². The fraction of sp³-hybridized carbons (Fsp3) is 0.185. The molecule has 0 fully saturated rings. The van der Waals surface area contributed by atoms with Crippen molar-refractivity contribution in [2.24, 2.45) is 5.73 Å². The van der Waals surface area contributed by atoms with Gasteiger partial charge in [-0.1, -0.05) is 31.2 Å². The average Bonchev–Trinajstić information content (AvgIpc) is 3.22. The second kappa shape index (κ2) is 11.0. The molecule has 0 amide bonds. The molecule has 1 aromatic heterocycles. The maximum absolute atomic E-state index is 9.21. The Morgan fingerprint density at radius 2 is 1.91 bits per heavy atom. The molecule has 0 atom stereocenters. The third-order valence-electron chi connectivity index (χ3n) is 5.24. The van der Waals surface area contributed by atoms with E-state index in [1.54, 1.807) is 0 Å². The van der Waals surface area contributed by atoms with Gasteiger partial charge >= 0.3 is 0 Å². The number of carbonyl (C=O) groups is 1. The minimum absolute atomic E-state index is 0.250. The zero-order chi connectivity index (χ0) is 23.8. The first kappa shape index (κ1) is 23.6. The summed E-state index contributed by atoms with van der Waals surface area (Å²) in [5, 5.41) is 17.1. The van der Waals surface area contributed by atoms with Gasteiger partial charge in [0.2, 0.25) is 0 Å². The standard InChI is InChI=1S/C26H24N2O2.CH2O2/c1-3-21-8-7-19(15-28)13-25(21)29-16-20-11-23-9-17(2)30-26(23)24(12-20)22-6-4-5-18(10-22)14-27;2-1-3/h4-13H,3,14,16,27H2,1-2H3;1H,(H,2,3). The molecule has 0 bridgehead atoms. The van der Waals surface area contributed by atoms with E-state index in [9.17, 15) is 5.26 Å². The van der Waals surface area contributed by atoms with Crippen LogP contribution in [0.2, 0.25) is 0 Å². The maximum Gasteiger partial charge on any atom is 0.290 e. The van der Waals surface area contributed by atoms with E-state index in [1.807, 2.05) is 43.3 Å². The monoisotopic (exact) mass is 442 g/mol. The number of aryl methyl sites for hydroxylation is 2. The molecule has 0 spiro atoms. The summed E-state index contributed by atoms with van der Waals surface area (Å²) in [6.45, 7) is 4.69. The molecule has 0 aliphatic rings. The molecule has 4 aromatic rings. The van der Waals surface area contributed by atoms with Crippen LogP contribution in [-0.2, 0) is 24.4 Å². The molecule has 33 heavy (non-hydrogen) atoms. The molecule has 0 unspecified atom stereocenters. The summed E-state index contributed by atoms with van der Waals surface area (Å²) in [5.41, 5.74) is 12.6. The molecule has 168 valence electrons. The van der Waals surface area contributed by atoms with Crippen LogP contribution in [0.4, 0.5) is 0 Å². The third-order valence-corrected chi connectivity index (χ3v) is 5.24. The Kier molecular flexibility index (Phi) is 7.85. The van der Waals surface area contributed by atoms with Gasteiger partial charge in [0, 0.05) is 17.5 Å². The Balaban J connectivity index is 0.000000968. The molecule has 3 aromatic carbocycles. The van der Waals surface area contributed by atoms with Gasteiger partial charge in [-0.25, -0.2) is 0 Å². The predicted octanol–water partition coefficient (Wildman–Crippen LogP) is 5.58. The molecular weight excluding hydrogens is 416 g/mol. The molecular formula is C27H26N2O4. The van der Waals surface area contributed by atoms with Crippen molar-refractivity contribution in [3.8, 4) is 22.9 Å². The normalized spacial score (nSPS) is 10.2. The molecule has 4 rings (SSSR count). The Hall–Kier alpha value is -4.08. The topological polar surface area (TPSA) is 109 Å². The first-order valence-corrected chi connectivity index (χ1v) is 10.6. The van der Waals surface area contributed by atoms with Gasteiger partial charge in [0.25, 0.3) is 6.47 Å². The van der Waals surface area contributed by atoms with Crippen molar-refractivity contribution in [3.63, 3.8) is 0 Å². The van der Waals surface area contributed by atoms with Crippen LogP contribution < -0.4 is 10.5 Å². The smallest absolute Gasteiger partial charge is 0.290 e. The van der Waals surface area contributed by atoms with Crippen molar-refractivity contribution < 1.29 is 19.1 Å². The Bertz CT molecular complexity index is 1300. The lowest BCUT2D eigenvalue weighted by Crippen LogP contribution is -2.00. The number of nitrogens with zero attached hydrogens (tertiary/aromatic N) is 1. The minimum Gasteiger partial charge on any atom is -0.489 e. The van der Waals surface area contributed by atoms with Gasteiger partial charge in [0.15, 0.2) is 0 Å². The number of hydrogen-bond acceptors (Lipinski definition) is 5. The van der Waals surface area contributed by atoms with Crippen LogP contribution in [0.3, 0.4) is 0 Å². The van der Waals surface area contributed by atoms with Crippen LogP contribution in [0.25, 0.3) is 22.1 Å². The summed E-state index contributed by atoms with van der Waals surface area (Å²) in [5.74, 6) is 1.63. The first-order chi connectivity index (χ1) is 16.0. The molecule has 6 heteroatoms. The number of fused-ring (bicyclic) bond motifs is 1. The zero-order valence-corrected chi connectivity index (χ0v) is 18.7. The maximum atomic E-state index is 9.21. The van der Waals surface area contributed by atoms with Crippen molar-refractivity contribution in [1.82, 2.24) is 0 Å². The van der Waals surface area contributed by atoms with Crippen LogP contribution >= 0.6 is 0 Å². The molecule has 0 aliphatic heterocycles. The Morgan fingerprint density at radius 1 is 1.12 bits per heavy atom. The SMILES string of the molecule is CCc1ccc(C#N)cc1OCc1cc(-c2cccc(CN)c2)c2oc(C)cc2c1.O=CO. The highest BCUT2D eigenvalue weighted by molar-refractivity contribution is 5.93. The van der Waals surface area contributed by atoms with Crippen LogP contribution in [-0.4, -0.2) is 11.6 Å². The summed E-state index contributed by atoms with van der Waals surface area (Å²) < 4.78 is 12.1. The van der Waals surface area contributed by atoms with Crippen molar-refractivity contribution in [3.05, 3.63) is 88.7 Å². The van der Waals surface area contributed by atoms with Crippen LogP contribution in [0.5, 0.6) is 5.75 Å². The van der Waals surface area contributed by atoms with E-state index in [1.165, 1.54) is 0 Å². The van der Waals surface area contributed by atoms with Gasteiger partial charge in [-0.3, -0.25) is 4.79 Å². The van der Waals surface area contributed by atoms with Crippen molar-refractivity contribution >= 4 is 17.4 Å².